The molecule has 0 fully saturated rings. The molecule has 1 unspecified atom stereocenters. The van der Waals surface area contributed by atoms with E-state index in [1.807, 2.05) is 11.8 Å². The average molecular weight is 421 g/mol. The molecule has 0 aromatic heterocycles. The number of rotatable bonds is 4. The zero-order valence-corrected chi connectivity index (χ0v) is 15.9. The highest BCUT2D eigenvalue weighted by molar-refractivity contribution is 14.1. The molecule has 1 heterocycles. The van der Waals surface area contributed by atoms with Crippen LogP contribution >= 0.6 is 34.4 Å². The summed E-state index contributed by atoms with van der Waals surface area (Å²) in [5, 5.41) is 0.440. The van der Waals surface area contributed by atoms with E-state index in [4.69, 9.17) is 0 Å². The minimum atomic E-state index is 0.440. The Hall–Kier alpha value is -0.780. The molecule has 22 heavy (non-hydrogen) atoms. The highest BCUT2D eigenvalue weighted by Crippen LogP contribution is 2.55. The van der Waals surface area contributed by atoms with Crippen molar-refractivity contribution in [2.75, 3.05) is 13.1 Å². The van der Waals surface area contributed by atoms with Crippen LogP contribution < -0.4 is 0 Å². The second-order valence-corrected chi connectivity index (χ2v) is 7.46. The second-order valence-electron chi connectivity index (χ2n) is 5.29. The maximum Gasteiger partial charge on any atom is 0.0867 e. The first-order chi connectivity index (χ1) is 10.8. The smallest absolute Gasteiger partial charge is 0.0867 e. The Balaban J connectivity index is 2.08. The lowest BCUT2D eigenvalue weighted by molar-refractivity contribution is 0.289. The molecule has 1 nitrogen and oxygen atoms in total. The molecule has 0 N–H and O–H groups in total. The minimum absolute atomic E-state index is 0.440. The average Bonchev–Trinajstić information content (AvgIpc) is 2.96. The van der Waals surface area contributed by atoms with E-state index in [0.29, 0.717) is 5.37 Å². The van der Waals surface area contributed by atoms with Crippen molar-refractivity contribution in [1.29, 1.82) is 0 Å². The fourth-order valence-electron chi connectivity index (χ4n) is 2.87. The van der Waals surface area contributed by atoms with Gasteiger partial charge in [-0.2, -0.15) is 0 Å². The summed E-state index contributed by atoms with van der Waals surface area (Å²) < 4.78 is 1.35. The van der Waals surface area contributed by atoms with E-state index in [1.54, 1.807) is 0 Å². The van der Waals surface area contributed by atoms with E-state index in [1.165, 1.54) is 25.2 Å². The zero-order chi connectivity index (χ0) is 15.5. The summed E-state index contributed by atoms with van der Waals surface area (Å²) in [6.45, 7) is 6.66. The number of thioether (sulfide) groups is 1. The van der Waals surface area contributed by atoms with Crippen LogP contribution in [-0.2, 0) is 0 Å². The van der Waals surface area contributed by atoms with Crippen molar-refractivity contribution in [2.45, 2.75) is 19.2 Å². The summed E-state index contributed by atoms with van der Waals surface area (Å²) >= 11 is 4.50. The third-order valence-electron chi connectivity index (χ3n) is 4.07. The molecule has 2 aromatic carbocycles. The van der Waals surface area contributed by atoms with Crippen LogP contribution in [0.15, 0.2) is 54.6 Å². The van der Waals surface area contributed by atoms with Gasteiger partial charge in [0.1, 0.15) is 0 Å². The van der Waals surface area contributed by atoms with Gasteiger partial charge in [-0.3, -0.25) is 4.90 Å². The molecule has 0 spiro atoms. The summed E-state index contributed by atoms with van der Waals surface area (Å²) in [6, 6.07) is 19.6. The Morgan fingerprint density at radius 1 is 1.00 bits per heavy atom. The predicted molar refractivity (Wildman–Crippen MR) is 107 cm³/mol. The minimum Gasteiger partial charge on any atom is -0.288 e. The summed E-state index contributed by atoms with van der Waals surface area (Å²) in [7, 11) is 0. The first-order valence-electron chi connectivity index (χ1n) is 7.71. The maximum absolute atomic E-state index is 2.53. The molecule has 0 aliphatic carbocycles. The lowest BCUT2D eigenvalue weighted by Crippen LogP contribution is -2.25. The van der Waals surface area contributed by atoms with Crippen LogP contribution in [-0.4, -0.2) is 18.0 Å². The van der Waals surface area contributed by atoms with Crippen LogP contribution in [0.25, 0.3) is 8.48 Å². The van der Waals surface area contributed by atoms with Crippen LogP contribution in [0.5, 0.6) is 0 Å². The van der Waals surface area contributed by atoms with Crippen LogP contribution in [0.3, 0.4) is 0 Å². The van der Waals surface area contributed by atoms with Gasteiger partial charge < -0.3 is 0 Å². The first-order valence-corrected chi connectivity index (χ1v) is 9.67. The van der Waals surface area contributed by atoms with Crippen molar-refractivity contribution in [2.24, 2.45) is 0 Å². The van der Waals surface area contributed by atoms with Gasteiger partial charge >= 0.3 is 0 Å². The molecule has 1 atom stereocenters. The fraction of sp³-hybridized carbons (Fsp3) is 0.263. The number of hydrogen-bond donors (Lipinski definition) is 0. The molecule has 1 aliphatic rings. The number of fused-ring (bicyclic) bond motifs is 1. The van der Waals surface area contributed by atoms with Crippen molar-refractivity contribution in [3.63, 3.8) is 0 Å². The Bertz CT molecular complexity index is 677. The summed E-state index contributed by atoms with van der Waals surface area (Å²) in [4.78, 5) is 3.95. The Morgan fingerprint density at radius 3 is 2.32 bits per heavy atom. The van der Waals surface area contributed by atoms with Crippen molar-refractivity contribution < 1.29 is 0 Å². The van der Waals surface area contributed by atoms with Crippen LogP contribution in [0, 0.1) is 0 Å². The molecule has 114 valence electrons. The van der Waals surface area contributed by atoms with Gasteiger partial charge in [-0.1, -0.05) is 68.4 Å². The van der Waals surface area contributed by atoms with Gasteiger partial charge in [0, 0.05) is 8.48 Å². The topological polar surface area (TPSA) is 3.24 Å². The lowest BCUT2D eigenvalue weighted by atomic mass is 10.1. The highest BCUT2D eigenvalue weighted by atomic mass is 127. The largest absolute Gasteiger partial charge is 0.288 e. The molecule has 0 saturated heterocycles. The first kappa shape index (κ1) is 16.1. The van der Waals surface area contributed by atoms with E-state index < -0.39 is 0 Å². The molecule has 0 amide bonds. The second kappa shape index (κ2) is 7.20. The maximum atomic E-state index is 2.53. The normalized spacial score (nSPS) is 19.4. The van der Waals surface area contributed by atoms with Gasteiger partial charge in [-0.15, -0.1) is 11.8 Å². The fourth-order valence-corrected chi connectivity index (χ4v) is 5.44. The number of halogens is 1. The SMILES string of the molecule is CCN(CC)C1S/C(=C(/I)c2ccccc2)c2ccccc21. The van der Waals surface area contributed by atoms with Crippen molar-refractivity contribution >= 4 is 42.8 Å². The monoisotopic (exact) mass is 421 g/mol. The van der Waals surface area contributed by atoms with Crippen molar-refractivity contribution in [3.8, 4) is 0 Å². The molecular weight excluding hydrogens is 401 g/mol. The number of nitrogens with zero attached hydrogens (tertiary/aromatic N) is 1. The third kappa shape index (κ3) is 2.99. The van der Waals surface area contributed by atoms with E-state index >= 15 is 0 Å². The molecular formula is C19H20INS. The van der Waals surface area contributed by atoms with Crippen molar-refractivity contribution in [3.05, 3.63) is 71.3 Å². The third-order valence-corrected chi connectivity index (χ3v) is 7.03. The zero-order valence-electron chi connectivity index (χ0n) is 12.9. The van der Waals surface area contributed by atoms with Gasteiger partial charge in [0.15, 0.2) is 0 Å². The quantitative estimate of drug-likeness (QED) is 0.555. The molecule has 3 heteroatoms. The predicted octanol–water partition coefficient (Wildman–Crippen LogP) is 6.03. The van der Waals surface area contributed by atoms with E-state index in [2.05, 4.69) is 95.9 Å². The van der Waals surface area contributed by atoms with Gasteiger partial charge in [-0.05, 0) is 52.4 Å². The molecule has 2 aromatic rings. The summed E-state index contributed by atoms with van der Waals surface area (Å²) in [5.41, 5.74) is 4.16. The van der Waals surface area contributed by atoms with E-state index in [-0.39, 0.29) is 0 Å². The van der Waals surface area contributed by atoms with Gasteiger partial charge in [0.05, 0.1) is 5.37 Å². The van der Waals surface area contributed by atoms with Gasteiger partial charge in [0.25, 0.3) is 0 Å². The standard InChI is InChI=1S/C19H20INS/c1-3-21(4-2)19-16-13-9-8-12-15(16)18(22-19)17(20)14-10-6-5-7-11-14/h5-13,19H,3-4H2,1-2H3/b18-17+. The Kier molecular flexibility index (Phi) is 5.26. The summed E-state index contributed by atoms with van der Waals surface area (Å²) in [6.07, 6.45) is 0. The van der Waals surface area contributed by atoms with Crippen LogP contribution in [0.4, 0.5) is 0 Å². The molecule has 0 bridgehead atoms. The Morgan fingerprint density at radius 2 is 1.64 bits per heavy atom. The highest BCUT2D eigenvalue weighted by Gasteiger charge is 2.31. The van der Waals surface area contributed by atoms with E-state index in [9.17, 15) is 0 Å². The van der Waals surface area contributed by atoms with Gasteiger partial charge in [-0.25, -0.2) is 0 Å². The number of benzene rings is 2. The van der Waals surface area contributed by atoms with Gasteiger partial charge in [0.2, 0.25) is 0 Å². The molecule has 0 radical (unpaired) electrons. The lowest BCUT2D eigenvalue weighted by Gasteiger charge is -2.25. The molecule has 3 rings (SSSR count). The van der Waals surface area contributed by atoms with Crippen molar-refractivity contribution in [1.82, 2.24) is 4.90 Å². The number of hydrogen-bond acceptors (Lipinski definition) is 2. The van der Waals surface area contributed by atoms with Crippen LogP contribution in [0.1, 0.15) is 35.9 Å². The Labute approximate surface area is 150 Å². The van der Waals surface area contributed by atoms with E-state index in [0.717, 1.165) is 13.1 Å². The summed E-state index contributed by atoms with van der Waals surface area (Å²) in [5.74, 6) is 0. The van der Waals surface area contributed by atoms with Crippen LogP contribution in [0.2, 0.25) is 0 Å². The molecule has 0 saturated carbocycles. The molecule has 1 aliphatic heterocycles.